The monoisotopic (exact) mass is 298 g/mol. The van der Waals surface area contributed by atoms with Gasteiger partial charge in [-0.1, -0.05) is 66.7 Å². The average Bonchev–Trinajstić information content (AvgIpc) is 2.63. The molecule has 0 saturated heterocycles. The summed E-state index contributed by atoms with van der Waals surface area (Å²) in [5.74, 6) is 0. The first-order valence-electron chi connectivity index (χ1n) is 8.21. The van der Waals surface area contributed by atoms with Crippen LogP contribution < -0.4 is 0 Å². The molecule has 0 amide bonds. The van der Waals surface area contributed by atoms with Crippen molar-refractivity contribution in [3.63, 3.8) is 0 Å². The molecular formula is C22H20N+. The lowest BCUT2D eigenvalue weighted by molar-refractivity contribution is -0.544. The van der Waals surface area contributed by atoms with Crippen molar-refractivity contribution >= 4 is 5.71 Å². The molecule has 0 unspecified atom stereocenters. The Morgan fingerprint density at radius 1 is 0.696 bits per heavy atom. The van der Waals surface area contributed by atoms with Crippen molar-refractivity contribution in [2.24, 2.45) is 0 Å². The highest BCUT2D eigenvalue weighted by molar-refractivity contribution is 6.10. The van der Waals surface area contributed by atoms with Crippen molar-refractivity contribution in [3.05, 3.63) is 107 Å². The molecule has 0 fully saturated rings. The van der Waals surface area contributed by atoms with E-state index in [0.29, 0.717) is 0 Å². The van der Waals surface area contributed by atoms with Gasteiger partial charge in [0.1, 0.15) is 6.54 Å². The second-order valence-electron chi connectivity index (χ2n) is 6.03. The highest BCUT2D eigenvalue weighted by atomic mass is 15.0. The van der Waals surface area contributed by atoms with Gasteiger partial charge < -0.3 is 0 Å². The topological polar surface area (TPSA) is 3.01 Å². The van der Waals surface area contributed by atoms with Crippen LogP contribution in [0.15, 0.2) is 84.9 Å². The second kappa shape index (κ2) is 6.21. The molecule has 0 saturated carbocycles. The number of benzene rings is 3. The van der Waals surface area contributed by atoms with Gasteiger partial charge in [-0.3, -0.25) is 0 Å². The lowest BCUT2D eigenvalue weighted by Gasteiger charge is -2.19. The van der Waals surface area contributed by atoms with Crippen molar-refractivity contribution in [1.29, 1.82) is 0 Å². The van der Waals surface area contributed by atoms with Gasteiger partial charge in [0.25, 0.3) is 0 Å². The lowest BCUT2D eigenvalue weighted by Crippen LogP contribution is -2.30. The van der Waals surface area contributed by atoms with Gasteiger partial charge in [0.05, 0.1) is 0 Å². The number of hydrogen-bond acceptors (Lipinski definition) is 0. The molecule has 1 aliphatic rings. The molecule has 1 aliphatic heterocycles. The van der Waals surface area contributed by atoms with E-state index in [-0.39, 0.29) is 0 Å². The largest absolute Gasteiger partial charge is 0.224 e. The summed E-state index contributed by atoms with van der Waals surface area (Å²) in [5, 5.41) is 0. The Balaban J connectivity index is 1.86. The summed E-state index contributed by atoms with van der Waals surface area (Å²) in [6.07, 6.45) is 1.11. The highest BCUT2D eigenvalue weighted by Crippen LogP contribution is 2.21. The summed E-state index contributed by atoms with van der Waals surface area (Å²) < 4.78 is 2.52. The first-order chi connectivity index (χ1) is 11.4. The van der Waals surface area contributed by atoms with E-state index in [1.807, 2.05) is 0 Å². The first-order valence-corrected chi connectivity index (χ1v) is 8.21. The predicted molar refractivity (Wildman–Crippen MR) is 95.1 cm³/mol. The smallest absolute Gasteiger partial charge is 0.215 e. The summed E-state index contributed by atoms with van der Waals surface area (Å²) in [4.78, 5) is 0. The molecular weight excluding hydrogens is 278 g/mol. The number of fused-ring (bicyclic) bond motifs is 1. The summed E-state index contributed by atoms with van der Waals surface area (Å²) in [7, 11) is 0. The van der Waals surface area contributed by atoms with Crippen LogP contribution in [0.2, 0.25) is 0 Å². The van der Waals surface area contributed by atoms with Crippen molar-refractivity contribution in [2.75, 3.05) is 6.54 Å². The first kappa shape index (κ1) is 14.0. The molecule has 0 aliphatic carbocycles. The average molecular weight is 298 g/mol. The summed E-state index contributed by atoms with van der Waals surface area (Å²) in [5.41, 5.74) is 6.85. The second-order valence-corrected chi connectivity index (χ2v) is 6.03. The van der Waals surface area contributed by atoms with Crippen molar-refractivity contribution in [2.45, 2.75) is 13.0 Å². The van der Waals surface area contributed by atoms with Crippen LogP contribution >= 0.6 is 0 Å². The van der Waals surface area contributed by atoms with Crippen molar-refractivity contribution < 1.29 is 4.58 Å². The van der Waals surface area contributed by atoms with Crippen molar-refractivity contribution in [1.82, 2.24) is 0 Å². The molecule has 0 atom stereocenters. The quantitative estimate of drug-likeness (QED) is 0.635. The Hall–Kier alpha value is -2.67. The fourth-order valence-electron chi connectivity index (χ4n) is 3.40. The van der Waals surface area contributed by atoms with Gasteiger partial charge in [-0.25, -0.2) is 4.58 Å². The summed E-state index contributed by atoms with van der Waals surface area (Å²) in [6.45, 7) is 2.02. The maximum absolute atomic E-state index is 2.52. The Labute approximate surface area is 137 Å². The Morgan fingerprint density at radius 2 is 1.35 bits per heavy atom. The van der Waals surface area contributed by atoms with E-state index >= 15 is 0 Å². The molecule has 112 valence electrons. The predicted octanol–water partition coefficient (Wildman–Crippen LogP) is 4.29. The number of hydrogen-bond donors (Lipinski definition) is 0. The minimum Gasteiger partial charge on any atom is -0.224 e. The van der Waals surface area contributed by atoms with Gasteiger partial charge in [0.15, 0.2) is 6.54 Å². The Morgan fingerprint density at radius 3 is 2.13 bits per heavy atom. The molecule has 3 aromatic carbocycles. The van der Waals surface area contributed by atoms with E-state index in [0.717, 1.165) is 19.5 Å². The standard InChI is InChI=1S/C22H20N/c1-3-9-18(10-4-1)17-23-16-15-19-11-7-8-14-21(19)22(23)20-12-5-2-6-13-20/h1-14H,15-17H2/q+1. The van der Waals surface area contributed by atoms with Crippen LogP contribution in [0.3, 0.4) is 0 Å². The number of nitrogens with zero attached hydrogens (tertiary/aromatic N) is 1. The van der Waals surface area contributed by atoms with Gasteiger partial charge in [-0.2, -0.15) is 0 Å². The molecule has 0 radical (unpaired) electrons. The van der Waals surface area contributed by atoms with Crippen molar-refractivity contribution in [3.8, 4) is 0 Å². The molecule has 0 aromatic heterocycles. The van der Waals surface area contributed by atoms with Gasteiger partial charge in [-0.15, -0.1) is 0 Å². The molecule has 1 heterocycles. The zero-order valence-electron chi connectivity index (χ0n) is 13.2. The van der Waals surface area contributed by atoms with Crippen LogP contribution in [-0.4, -0.2) is 16.8 Å². The molecule has 0 bridgehead atoms. The van der Waals surface area contributed by atoms with E-state index in [1.165, 1.54) is 28.0 Å². The van der Waals surface area contributed by atoms with Gasteiger partial charge in [0.2, 0.25) is 5.71 Å². The van der Waals surface area contributed by atoms with Crippen LogP contribution in [0.25, 0.3) is 0 Å². The van der Waals surface area contributed by atoms with Crippen LogP contribution in [0.1, 0.15) is 22.3 Å². The minimum atomic E-state index is 0.958. The summed E-state index contributed by atoms with van der Waals surface area (Å²) in [6, 6.07) is 30.3. The zero-order valence-corrected chi connectivity index (χ0v) is 13.2. The fourth-order valence-corrected chi connectivity index (χ4v) is 3.40. The third-order valence-electron chi connectivity index (χ3n) is 4.50. The maximum Gasteiger partial charge on any atom is 0.215 e. The van der Waals surface area contributed by atoms with E-state index in [4.69, 9.17) is 0 Å². The maximum atomic E-state index is 2.52. The third kappa shape index (κ3) is 2.83. The van der Waals surface area contributed by atoms with E-state index < -0.39 is 0 Å². The van der Waals surface area contributed by atoms with Gasteiger partial charge >= 0.3 is 0 Å². The molecule has 3 aromatic rings. The van der Waals surface area contributed by atoms with Crippen LogP contribution in [0, 0.1) is 0 Å². The zero-order chi connectivity index (χ0) is 15.5. The van der Waals surface area contributed by atoms with E-state index in [2.05, 4.69) is 89.5 Å². The minimum absolute atomic E-state index is 0.958. The molecule has 1 nitrogen and oxygen atoms in total. The fraction of sp³-hybridized carbons (Fsp3) is 0.136. The Bertz CT molecular complexity index is 832. The molecule has 4 rings (SSSR count). The third-order valence-corrected chi connectivity index (χ3v) is 4.50. The molecule has 1 heteroatoms. The van der Waals surface area contributed by atoms with Gasteiger partial charge in [-0.05, 0) is 23.8 Å². The van der Waals surface area contributed by atoms with E-state index in [1.54, 1.807) is 0 Å². The van der Waals surface area contributed by atoms with Crippen LogP contribution in [0.4, 0.5) is 0 Å². The normalized spacial score (nSPS) is 13.7. The van der Waals surface area contributed by atoms with Gasteiger partial charge in [0, 0.05) is 23.1 Å². The molecule has 23 heavy (non-hydrogen) atoms. The lowest BCUT2D eigenvalue weighted by atomic mass is 9.92. The Kier molecular flexibility index (Phi) is 3.77. The summed E-state index contributed by atoms with van der Waals surface area (Å²) >= 11 is 0. The van der Waals surface area contributed by atoms with Crippen LogP contribution in [-0.2, 0) is 13.0 Å². The molecule has 0 spiro atoms. The van der Waals surface area contributed by atoms with E-state index in [9.17, 15) is 0 Å². The number of rotatable bonds is 3. The van der Waals surface area contributed by atoms with Crippen LogP contribution in [0.5, 0.6) is 0 Å². The highest BCUT2D eigenvalue weighted by Gasteiger charge is 2.26. The molecule has 0 N–H and O–H groups in total. The SMILES string of the molecule is c1ccc(C[N+]2=C(c3ccccc3)c3ccccc3CC2)cc1.